The van der Waals surface area contributed by atoms with Gasteiger partial charge in [0.15, 0.2) is 0 Å². The zero-order valence-corrected chi connectivity index (χ0v) is 8.57. The number of rotatable bonds is 6. The van der Waals surface area contributed by atoms with Gasteiger partial charge in [-0.15, -0.1) is 0 Å². The third-order valence-electron chi connectivity index (χ3n) is 1.73. The molecule has 0 atom stereocenters. The van der Waals surface area contributed by atoms with Gasteiger partial charge in [0, 0.05) is 12.2 Å². The third-order valence-corrected chi connectivity index (χ3v) is 1.73. The fraction of sp³-hybridized carbons (Fsp3) is 0.500. The Kier molecular flexibility index (Phi) is 5.00. The van der Waals surface area contributed by atoms with Crippen LogP contribution in [0.1, 0.15) is 12.5 Å². The van der Waals surface area contributed by atoms with Crippen LogP contribution in [0.25, 0.3) is 0 Å². The van der Waals surface area contributed by atoms with Crippen molar-refractivity contribution in [2.75, 3.05) is 19.8 Å². The molecular formula is C10H14FNO3. The smallest absolute Gasteiger partial charge is 0.219 e. The molecule has 0 unspecified atom stereocenters. The lowest BCUT2D eigenvalue weighted by Crippen LogP contribution is -2.09. The molecule has 1 aromatic heterocycles. The lowest BCUT2D eigenvalue weighted by atomic mass is 10.3. The van der Waals surface area contributed by atoms with E-state index in [9.17, 15) is 4.39 Å². The molecule has 0 bridgehead atoms. The predicted molar refractivity (Wildman–Crippen MR) is 52.1 cm³/mol. The molecule has 0 radical (unpaired) electrons. The molecule has 0 fully saturated rings. The van der Waals surface area contributed by atoms with Crippen LogP contribution in [0.2, 0.25) is 0 Å². The van der Waals surface area contributed by atoms with E-state index in [2.05, 4.69) is 4.98 Å². The van der Waals surface area contributed by atoms with Crippen molar-refractivity contribution in [1.82, 2.24) is 4.98 Å². The second-order valence-electron chi connectivity index (χ2n) is 2.82. The average Bonchev–Trinajstić information content (AvgIpc) is 2.26. The summed E-state index contributed by atoms with van der Waals surface area (Å²) in [7, 11) is 0. The Labute approximate surface area is 87.7 Å². The topological polar surface area (TPSA) is 51.6 Å². The van der Waals surface area contributed by atoms with Crippen LogP contribution in [-0.4, -0.2) is 29.9 Å². The maximum absolute atomic E-state index is 12.7. The van der Waals surface area contributed by atoms with Gasteiger partial charge < -0.3 is 14.6 Å². The minimum Gasteiger partial charge on any atom is -0.475 e. The highest BCUT2D eigenvalue weighted by Crippen LogP contribution is 2.15. The average molecular weight is 215 g/mol. The van der Waals surface area contributed by atoms with E-state index in [1.54, 1.807) is 0 Å². The molecule has 84 valence electrons. The molecule has 0 spiro atoms. The Bertz CT molecular complexity index is 307. The molecule has 0 amide bonds. The largest absolute Gasteiger partial charge is 0.475 e. The van der Waals surface area contributed by atoms with Gasteiger partial charge in [-0.05, 0) is 13.0 Å². The summed E-state index contributed by atoms with van der Waals surface area (Å²) in [5, 5.41) is 8.93. The van der Waals surface area contributed by atoms with E-state index in [0.29, 0.717) is 25.4 Å². The van der Waals surface area contributed by atoms with Gasteiger partial charge in [-0.25, -0.2) is 9.37 Å². The van der Waals surface area contributed by atoms with Crippen molar-refractivity contribution >= 4 is 0 Å². The molecule has 0 aromatic carbocycles. The molecule has 0 aliphatic heterocycles. The van der Waals surface area contributed by atoms with E-state index in [1.165, 1.54) is 6.07 Å². The number of aliphatic hydroxyl groups is 1. The molecule has 1 aromatic rings. The Morgan fingerprint density at radius 2 is 2.27 bits per heavy atom. The highest BCUT2D eigenvalue weighted by molar-refractivity contribution is 5.25. The van der Waals surface area contributed by atoms with Crippen molar-refractivity contribution in [3.63, 3.8) is 0 Å². The summed E-state index contributed by atoms with van der Waals surface area (Å²) < 4.78 is 23.0. The number of hydrogen-bond acceptors (Lipinski definition) is 4. The molecule has 1 rings (SSSR count). The monoisotopic (exact) mass is 215 g/mol. The van der Waals surface area contributed by atoms with Gasteiger partial charge in [-0.3, -0.25) is 0 Å². The van der Waals surface area contributed by atoms with Crippen LogP contribution in [0.4, 0.5) is 4.39 Å². The lowest BCUT2D eigenvalue weighted by Gasteiger charge is -2.08. The summed E-state index contributed by atoms with van der Waals surface area (Å²) in [5.74, 6) is -0.241. The fourth-order valence-electron chi connectivity index (χ4n) is 1.05. The second-order valence-corrected chi connectivity index (χ2v) is 2.82. The summed E-state index contributed by atoms with van der Waals surface area (Å²) in [6, 6.07) is 1.20. The van der Waals surface area contributed by atoms with Crippen molar-refractivity contribution in [3.05, 3.63) is 23.6 Å². The molecular weight excluding hydrogens is 201 g/mol. The van der Waals surface area contributed by atoms with Gasteiger partial charge >= 0.3 is 0 Å². The van der Waals surface area contributed by atoms with Crippen LogP contribution in [0.5, 0.6) is 5.88 Å². The molecule has 4 nitrogen and oxygen atoms in total. The van der Waals surface area contributed by atoms with E-state index in [4.69, 9.17) is 14.6 Å². The molecule has 0 saturated carbocycles. The van der Waals surface area contributed by atoms with Crippen molar-refractivity contribution in [3.8, 4) is 5.88 Å². The normalized spacial score (nSPS) is 10.3. The second kappa shape index (κ2) is 6.31. The van der Waals surface area contributed by atoms with Gasteiger partial charge in [-0.2, -0.15) is 0 Å². The first-order valence-electron chi connectivity index (χ1n) is 4.73. The Morgan fingerprint density at radius 1 is 1.47 bits per heavy atom. The molecule has 0 saturated heterocycles. The maximum Gasteiger partial charge on any atom is 0.219 e. The van der Waals surface area contributed by atoms with Crippen LogP contribution in [0.15, 0.2) is 12.3 Å². The summed E-state index contributed by atoms with van der Waals surface area (Å²) >= 11 is 0. The van der Waals surface area contributed by atoms with Gasteiger partial charge in [0.1, 0.15) is 12.4 Å². The van der Waals surface area contributed by atoms with Gasteiger partial charge in [0.2, 0.25) is 5.88 Å². The number of nitrogens with zero attached hydrogens (tertiary/aromatic N) is 1. The van der Waals surface area contributed by atoms with Crippen LogP contribution in [0.3, 0.4) is 0 Å². The van der Waals surface area contributed by atoms with Gasteiger partial charge in [0.25, 0.3) is 0 Å². The predicted octanol–water partition coefficient (Wildman–Crippen LogP) is 1.13. The minimum absolute atomic E-state index is 0.249. The molecule has 1 heterocycles. The van der Waals surface area contributed by atoms with E-state index >= 15 is 0 Å². The van der Waals surface area contributed by atoms with Crippen molar-refractivity contribution in [2.24, 2.45) is 0 Å². The van der Waals surface area contributed by atoms with Gasteiger partial charge in [0.05, 0.1) is 19.4 Å². The molecule has 5 heteroatoms. The number of hydrogen-bond donors (Lipinski definition) is 1. The highest BCUT2D eigenvalue weighted by Gasteiger charge is 2.05. The SMILES string of the molecule is CCOCCOc1ncc(F)cc1CO. The molecule has 15 heavy (non-hydrogen) atoms. The Hall–Kier alpha value is -1.20. The zero-order chi connectivity index (χ0) is 11.1. The summed E-state index contributed by atoms with van der Waals surface area (Å²) in [5.41, 5.74) is 0.339. The fourth-order valence-corrected chi connectivity index (χ4v) is 1.05. The quantitative estimate of drug-likeness (QED) is 0.723. The number of ether oxygens (including phenoxy) is 2. The van der Waals surface area contributed by atoms with Crippen LogP contribution >= 0.6 is 0 Å². The first-order chi connectivity index (χ1) is 7.27. The van der Waals surface area contributed by atoms with Crippen LogP contribution in [0, 0.1) is 5.82 Å². The van der Waals surface area contributed by atoms with E-state index in [1.807, 2.05) is 6.92 Å². The first kappa shape index (κ1) is 11.9. The van der Waals surface area contributed by atoms with E-state index in [-0.39, 0.29) is 12.5 Å². The maximum atomic E-state index is 12.7. The highest BCUT2D eigenvalue weighted by atomic mass is 19.1. The van der Waals surface area contributed by atoms with Gasteiger partial charge in [-0.1, -0.05) is 0 Å². The molecule has 1 N–H and O–H groups in total. The van der Waals surface area contributed by atoms with Crippen molar-refractivity contribution in [1.29, 1.82) is 0 Å². The number of aliphatic hydroxyl groups excluding tert-OH is 1. The number of aromatic nitrogens is 1. The van der Waals surface area contributed by atoms with E-state index in [0.717, 1.165) is 6.20 Å². The van der Waals surface area contributed by atoms with Crippen molar-refractivity contribution < 1.29 is 19.0 Å². The standard InChI is InChI=1S/C10H14FNO3/c1-2-14-3-4-15-10-8(7-13)5-9(11)6-12-10/h5-6,13H,2-4,7H2,1H3. The van der Waals surface area contributed by atoms with Crippen LogP contribution < -0.4 is 4.74 Å². The minimum atomic E-state index is -0.490. The lowest BCUT2D eigenvalue weighted by molar-refractivity contribution is 0.107. The number of pyridine rings is 1. The van der Waals surface area contributed by atoms with Crippen LogP contribution in [-0.2, 0) is 11.3 Å². The summed E-state index contributed by atoms with van der Waals surface area (Å²) in [6.45, 7) is 2.98. The molecule has 0 aliphatic rings. The molecule has 0 aliphatic carbocycles. The Morgan fingerprint density at radius 3 is 2.93 bits per heavy atom. The summed E-state index contributed by atoms with van der Waals surface area (Å²) in [6.07, 6.45) is 1.05. The zero-order valence-electron chi connectivity index (χ0n) is 8.57. The van der Waals surface area contributed by atoms with E-state index < -0.39 is 5.82 Å². The Balaban J connectivity index is 2.52. The first-order valence-corrected chi connectivity index (χ1v) is 4.73. The third kappa shape index (κ3) is 3.81. The number of halogens is 1. The summed E-state index contributed by atoms with van der Waals surface area (Å²) in [4.78, 5) is 3.73. The van der Waals surface area contributed by atoms with Crippen molar-refractivity contribution in [2.45, 2.75) is 13.5 Å².